The molecule has 162 valence electrons. The first-order valence-electron chi connectivity index (χ1n) is 10.4. The predicted octanol–water partition coefficient (Wildman–Crippen LogP) is 2.90. The molecule has 1 aromatic heterocycles. The number of hydrogen-bond acceptors (Lipinski definition) is 4. The van der Waals surface area contributed by atoms with Crippen molar-refractivity contribution in [3.8, 4) is 5.69 Å². The summed E-state index contributed by atoms with van der Waals surface area (Å²) in [5, 5.41) is 3.01. The summed E-state index contributed by atoms with van der Waals surface area (Å²) < 4.78 is 29.3. The number of piperidine rings is 1. The summed E-state index contributed by atoms with van der Waals surface area (Å²) in [4.78, 5) is 17.4. The second-order valence-corrected chi connectivity index (χ2v) is 9.64. The monoisotopic (exact) mass is 438 g/mol. The molecule has 0 radical (unpaired) electrons. The fourth-order valence-electron chi connectivity index (χ4n) is 3.97. The van der Waals surface area contributed by atoms with E-state index in [1.54, 1.807) is 36.5 Å². The fraction of sp³-hybridized carbons (Fsp3) is 0.304. The summed E-state index contributed by atoms with van der Waals surface area (Å²) in [5.41, 5.74) is 1.94. The average molecular weight is 439 g/mol. The summed E-state index contributed by atoms with van der Waals surface area (Å²) in [6, 6.07) is 16.2. The van der Waals surface area contributed by atoms with Crippen molar-refractivity contribution in [1.82, 2.24) is 19.2 Å². The molecular formula is C23H26N4O3S. The number of amides is 1. The molecule has 0 saturated carbocycles. The number of para-hydroxylation sites is 1. The number of imidazole rings is 1. The molecule has 1 saturated heterocycles. The lowest BCUT2D eigenvalue weighted by Gasteiger charge is -2.31. The Morgan fingerprint density at radius 3 is 2.61 bits per heavy atom. The number of carbonyl (C=O) groups excluding carboxylic acids is 1. The Kier molecular flexibility index (Phi) is 6.20. The van der Waals surface area contributed by atoms with E-state index in [-0.39, 0.29) is 23.3 Å². The lowest BCUT2D eigenvalue weighted by atomic mass is 9.98. The first-order valence-corrected chi connectivity index (χ1v) is 11.8. The summed E-state index contributed by atoms with van der Waals surface area (Å²) in [7, 11) is -3.59. The molecule has 2 aromatic carbocycles. The predicted molar refractivity (Wildman–Crippen MR) is 118 cm³/mol. The van der Waals surface area contributed by atoms with Crippen molar-refractivity contribution in [1.29, 1.82) is 0 Å². The maximum absolute atomic E-state index is 12.9. The molecule has 1 N–H and O–H groups in total. The first kappa shape index (κ1) is 21.3. The quantitative estimate of drug-likeness (QED) is 0.641. The smallest absolute Gasteiger partial charge is 0.243 e. The topological polar surface area (TPSA) is 84.3 Å². The van der Waals surface area contributed by atoms with E-state index in [1.165, 1.54) is 4.31 Å². The van der Waals surface area contributed by atoms with E-state index in [0.29, 0.717) is 25.9 Å². The molecule has 1 aliphatic heterocycles. The molecule has 7 nitrogen and oxygen atoms in total. The molecule has 1 aliphatic rings. The van der Waals surface area contributed by atoms with Gasteiger partial charge in [0.2, 0.25) is 15.9 Å². The van der Waals surface area contributed by atoms with Gasteiger partial charge in [-0.15, -0.1) is 0 Å². The van der Waals surface area contributed by atoms with Crippen molar-refractivity contribution in [3.63, 3.8) is 0 Å². The maximum Gasteiger partial charge on any atom is 0.243 e. The van der Waals surface area contributed by atoms with E-state index in [4.69, 9.17) is 0 Å². The molecule has 0 bridgehead atoms. The minimum absolute atomic E-state index is 0.120. The number of sulfonamides is 1. The third-order valence-electron chi connectivity index (χ3n) is 5.67. The zero-order chi connectivity index (χ0) is 21.8. The highest BCUT2D eigenvalue weighted by molar-refractivity contribution is 7.89. The molecule has 31 heavy (non-hydrogen) atoms. The SMILES string of the molecule is Cc1nccn1-c1ccccc1CNC(=O)[C@H]1CCCN(S(=O)(=O)c2ccccc2)C1. The van der Waals surface area contributed by atoms with Crippen molar-refractivity contribution < 1.29 is 13.2 Å². The van der Waals surface area contributed by atoms with Gasteiger partial charge in [-0.3, -0.25) is 4.79 Å². The summed E-state index contributed by atoms with van der Waals surface area (Å²) in [6.45, 7) is 2.93. The first-order chi connectivity index (χ1) is 15.0. The maximum atomic E-state index is 12.9. The molecule has 1 amide bonds. The Balaban J connectivity index is 1.44. The Bertz CT molecular complexity index is 1160. The zero-order valence-electron chi connectivity index (χ0n) is 17.4. The number of hydrogen-bond donors (Lipinski definition) is 1. The molecule has 8 heteroatoms. The van der Waals surface area contributed by atoms with Gasteiger partial charge in [-0.05, 0) is 43.5 Å². The van der Waals surface area contributed by atoms with E-state index in [2.05, 4.69) is 10.3 Å². The van der Waals surface area contributed by atoms with Gasteiger partial charge in [-0.25, -0.2) is 13.4 Å². The third-order valence-corrected chi connectivity index (χ3v) is 7.55. The van der Waals surface area contributed by atoms with Crippen molar-refractivity contribution in [3.05, 3.63) is 78.4 Å². The number of nitrogens with zero attached hydrogens (tertiary/aromatic N) is 3. The second kappa shape index (κ2) is 9.03. The molecule has 1 atom stereocenters. The Hall–Kier alpha value is -2.97. The highest BCUT2D eigenvalue weighted by atomic mass is 32.2. The van der Waals surface area contributed by atoms with Crippen LogP contribution < -0.4 is 5.32 Å². The van der Waals surface area contributed by atoms with Gasteiger partial charge >= 0.3 is 0 Å². The minimum atomic E-state index is -3.59. The summed E-state index contributed by atoms with van der Waals surface area (Å²) in [6.07, 6.45) is 4.97. The lowest BCUT2D eigenvalue weighted by molar-refractivity contribution is -0.126. The van der Waals surface area contributed by atoms with E-state index >= 15 is 0 Å². The molecular weight excluding hydrogens is 412 g/mol. The summed E-state index contributed by atoms with van der Waals surface area (Å²) in [5.74, 6) is 0.382. The van der Waals surface area contributed by atoms with Crippen LogP contribution in [0.1, 0.15) is 24.2 Å². The van der Waals surface area contributed by atoms with Gasteiger partial charge in [-0.2, -0.15) is 4.31 Å². The number of aromatic nitrogens is 2. The summed E-state index contributed by atoms with van der Waals surface area (Å²) >= 11 is 0. The highest BCUT2D eigenvalue weighted by Crippen LogP contribution is 2.24. The Morgan fingerprint density at radius 1 is 1.13 bits per heavy atom. The molecule has 0 spiro atoms. The average Bonchev–Trinajstić information content (AvgIpc) is 3.24. The van der Waals surface area contributed by atoms with Crippen LogP contribution >= 0.6 is 0 Å². The van der Waals surface area contributed by atoms with Gasteiger partial charge in [0.05, 0.1) is 16.5 Å². The molecule has 2 heterocycles. The van der Waals surface area contributed by atoms with Crippen molar-refractivity contribution >= 4 is 15.9 Å². The number of nitrogens with one attached hydrogen (secondary N) is 1. The largest absolute Gasteiger partial charge is 0.352 e. The van der Waals surface area contributed by atoms with Crippen LogP contribution in [-0.2, 0) is 21.4 Å². The van der Waals surface area contributed by atoms with E-state index in [0.717, 1.165) is 17.1 Å². The van der Waals surface area contributed by atoms with Crippen LogP contribution in [0, 0.1) is 12.8 Å². The van der Waals surface area contributed by atoms with Gasteiger partial charge < -0.3 is 9.88 Å². The van der Waals surface area contributed by atoms with Crippen LogP contribution in [0.15, 0.2) is 71.9 Å². The Labute approximate surface area is 182 Å². The fourth-order valence-corrected chi connectivity index (χ4v) is 5.52. The molecule has 3 aromatic rings. The van der Waals surface area contributed by atoms with Crippen molar-refractivity contribution in [2.75, 3.05) is 13.1 Å². The Morgan fingerprint density at radius 2 is 1.87 bits per heavy atom. The number of benzene rings is 2. The van der Waals surface area contributed by atoms with Gasteiger partial charge in [0.25, 0.3) is 0 Å². The lowest BCUT2D eigenvalue weighted by Crippen LogP contribution is -2.45. The zero-order valence-corrected chi connectivity index (χ0v) is 18.3. The van der Waals surface area contributed by atoms with Crippen molar-refractivity contribution in [2.45, 2.75) is 31.2 Å². The number of rotatable bonds is 6. The van der Waals surface area contributed by atoms with E-state index in [9.17, 15) is 13.2 Å². The van der Waals surface area contributed by atoms with Crippen LogP contribution in [0.2, 0.25) is 0 Å². The molecule has 4 rings (SSSR count). The minimum Gasteiger partial charge on any atom is -0.352 e. The molecule has 1 fully saturated rings. The molecule has 0 aliphatic carbocycles. The van der Waals surface area contributed by atoms with Crippen LogP contribution in [0.3, 0.4) is 0 Å². The van der Waals surface area contributed by atoms with Gasteiger partial charge in [0.15, 0.2) is 0 Å². The molecule has 0 unspecified atom stereocenters. The van der Waals surface area contributed by atoms with Crippen LogP contribution in [0.4, 0.5) is 0 Å². The number of aryl methyl sites for hydroxylation is 1. The van der Waals surface area contributed by atoms with Gasteiger partial charge in [0, 0.05) is 32.0 Å². The third kappa shape index (κ3) is 4.55. The standard InChI is InChI=1S/C23H26N4O3S/c1-18-24-13-15-27(18)22-12-6-5-8-19(22)16-25-23(28)20-9-7-14-26(17-20)31(29,30)21-10-3-2-4-11-21/h2-6,8,10-13,15,20H,7,9,14,16-17H2,1H3,(H,25,28)/t20-/m0/s1. The number of carbonyl (C=O) groups is 1. The van der Waals surface area contributed by atoms with Gasteiger partial charge in [0.1, 0.15) is 5.82 Å². The second-order valence-electron chi connectivity index (χ2n) is 7.71. The van der Waals surface area contributed by atoms with Crippen molar-refractivity contribution in [2.24, 2.45) is 5.92 Å². The highest BCUT2D eigenvalue weighted by Gasteiger charge is 2.33. The van der Waals surface area contributed by atoms with E-state index < -0.39 is 10.0 Å². The van der Waals surface area contributed by atoms with Crippen LogP contribution in [0.5, 0.6) is 0 Å². The van der Waals surface area contributed by atoms with Crippen LogP contribution in [0.25, 0.3) is 5.69 Å². The normalized spacial score (nSPS) is 17.4. The van der Waals surface area contributed by atoms with Crippen LogP contribution in [-0.4, -0.2) is 41.3 Å². The van der Waals surface area contributed by atoms with Gasteiger partial charge in [-0.1, -0.05) is 36.4 Å². The van der Waals surface area contributed by atoms with E-state index in [1.807, 2.05) is 42.0 Å².